The minimum atomic E-state index is 0.849. The van der Waals surface area contributed by atoms with Crippen LogP contribution in [0.25, 0.3) is 61.4 Å². The quantitative estimate of drug-likeness (QED) is 0.153. The first-order valence-electron chi connectivity index (χ1n) is 21.6. The highest BCUT2D eigenvalue weighted by Crippen LogP contribution is 2.40. The number of allylic oxidation sites excluding steroid dienone is 6. The molecule has 0 unspecified atom stereocenters. The second kappa shape index (κ2) is 18.8. The van der Waals surface area contributed by atoms with Gasteiger partial charge in [-0.3, -0.25) is 0 Å². The normalized spacial score (nSPS) is 12.0. The van der Waals surface area contributed by atoms with E-state index >= 15 is 0 Å². The Balaban J connectivity index is 0.000000658. The Hall–Kier alpha value is -7.88. The van der Waals surface area contributed by atoms with Gasteiger partial charge >= 0.3 is 0 Å². The lowest BCUT2D eigenvalue weighted by Crippen LogP contribution is -2.10. The molecular weight excluding hydrogens is 763 g/mol. The molecule has 3 heteroatoms. The Morgan fingerprint density at radius 2 is 1.00 bits per heavy atom. The summed E-state index contributed by atoms with van der Waals surface area (Å²) in [6, 6.07) is 70.5. The van der Waals surface area contributed by atoms with E-state index in [1.807, 2.05) is 24.3 Å². The molecule has 63 heavy (non-hydrogen) atoms. The summed E-state index contributed by atoms with van der Waals surface area (Å²) < 4.78 is 0. The monoisotopic (exact) mass is 811 g/mol. The van der Waals surface area contributed by atoms with E-state index in [1.54, 1.807) is 0 Å². The Bertz CT molecular complexity index is 3090. The minimum absolute atomic E-state index is 0.849. The maximum absolute atomic E-state index is 5.49. The Morgan fingerprint density at radius 1 is 0.413 bits per heavy atom. The number of hydrogen-bond acceptors (Lipinski definition) is 3. The molecule has 0 atom stereocenters. The summed E-state index contributed by atoms with van der Waals surface area (Å²) in [5.41, 5.74) is 19.6. The molecule has 304 valence electrons. The summed E-state index contributed by atoms with van der Waals surface area (Å²) in [7, 11) is 0. The molecule has 0 amide bonds. The standard InChI is InChI=1S/C53H41N3.C7H8/c1-37-17-13-14-26-47(37)49-36-46(32-29-38(49)2)56(44-24-11-6-12-25-44)45-33-30-41(31-34-45)52-51(40-20-9-5-10-21-40)54-50-28-16-27-48(53(50)55-52)43-23-15-22-42(35-43)39-18-7-3-4-8-19-39;1-7-5-3-2-4-6-7/h3,5-36H,4H2,1-2H3;2-6H,1H3. The van der Waals surface area contributed by atoms with Crippen molar-refractivity contribution in [2.75, 3.05) is 4.90 Å². The van der Waals surface area contributed by atoms with Gasteiger partial charge < -0.3 is 4.90 Å². The van der Waals surface area contributed by atoms with E-state index in [2.05, 4.69) is 232 Å². The number of anilines is 3. The van der Waals surface area contributed by atoms with Crippen molar-refractivity contribution in [3.05, 3.63) is 253 Å². The number of benzene rings is 8. The van der Waals surface area contributed by atoms with E-state index in [0.717, 1.165) is 68.2 Å². The van der Waals surface area contributed by atoms with Gasteiger partial charge in [0.15, 0.2) is 0 Å². The molecule has 0 spiro atoms. The van der Waals surface area contributed by atoms with Gasteiger partial charge in [0, 0.05) is 33.8 Å². The Morgan fingerprint density at radius 3 is 1.75 bits per heavy atom. The van der Waals surface area contributed by atoms with Crippen molar-refractivity contribution in [1.29, 1.82) is 0 Å². The number of aromatic nitrogens is 2. The number of para-hydroxylation sites is 2. The molecule has 0 N–H and O–H groups in total. The molecule has 3 nitrogen and oxygen atoms in total. The second-order valence-corrected chi connectivity index (χ2v) is 15.9. The lowest BCUT2D eigenvalue weighted by molar-refractivity contribution is 1.26. The van der Waals surface area contributed by atoms with Crippen LogP contribution in [0.2, 0.25) is 0 Å². The third kappa shape index (κ3) is 9.10. The second-order valence-electron chi connectivity index (χ2n) is 15.9. The van der Waals surface area contributed by atoms with Crippen molar-refractivity contribution in [3.8, 4) is 44.8 Å². The van der Waals surface area contributed by atoms with Crippen LogP contribution in [0.1, 0.15) is 28.7 Å². The highest BCUT2D eigenvalue weighted by atomic mass is 15.1. The highest BCUT2D eigenvalue weighted by molar-refractivity contribution is 5.96. The first-order chi connectivity index (χ1) is 31.0. The van der Waals surface area contributed by atoms with Crippen LogP contribution < -0.4 is 4.90 Å². The van der Waals surface area contributed by atoms with Gasteiger partial charge in [-0.2, -0.15) is 0 Å². The van der Waals surface area contributed by atoms with E-state index in [1.165, 1.54) is 39.0 Å². The molecule has 0 fully saturated rings. The van der Waals surface area contributed by atoms with Crippen LogP contribution in [0, 0.1) is 20.8 Å². The van der Waals surface area contributed by atoms with Gasteiger partial charge in [-0.15, -0.1) is 0 Å². The van der Waals surface area contributed by atoms with Gasteiger partial charge in [0.1, 0.15) is 0 Å². The smallest absolute Gasteiger partial charge is 0.0973 e. The van der Waals surface area contributed by atoms with Crippen LogP contribution in [-0.4, -0.2) is 9.97 Å². The van der Waals surface area contributed by atoms with Gasteiger partial charge in [0.05, 0.1) is 22.4 Å². The van der Waals surface area contributed by atoms with E-state index < -0.39 is 0 Å². The molecule has 1 aliphatic carbocycles. The largest absolute Gasteiger partial charge is 0.310 e. The van der Waals surface area contributed by atoms with Crippen molar-refractivity contribution in [1.82, 2.24) is 9.97 Å². The summed E-state index contributed by atoms with van der Waals surface area (Å²) >= 11 is 0. The van der Waals surface area contributed by atoms with E-state index in [-0.39, 0.29) is 0 Å². The third-order valence-corrected chi connectivity index (χ3v) is 11.5. The highest BCUT2D eigenvalue weighted by Gasteiger charge is 2.19. The van der Waals surface area contributed by atoms with Crippen molar-refractivity contribution < 1.29 is 0 Å². The minimum Gasteiger partial charge on any atom is -0.310 e. The number of rotatable bonds is 8. The van der Waals surface area contributed by atoms with Crippen molar-refractivity contribution in [3.63, 3.8) is 0 Å². The maximum atomic E-state index is 5.49. The zero-order valence-electron chi connectivity index (χ0n) is 36.0. The number of fused-ring (bicyclic) bond motifs is 1. The topological polar surface area (TPSA) is 29.0 Å². The molecule has 1 heterocycles. The summed E-state index contributed by atoms with van der Waals surface area (Å²) in [4.78, 5) is 13.2. The fourth-order valence-corrected chi connectivity index (χ4v) is 8.19. The van der Waals surface area contributed by atoms with Crippen molar-refractivity contribution >= 4 is 33.7 Å². The molecule has 8 aromatic carbocycles. The van der Waals surface area contributed by atoms with Crippen LogP contribution in [0.3, 0.4) is 0 Å². The number of aryl methyl sites for hydroxylation is 3. The average molecular weight is 812 g/mol. The van der Waals surface area contributed by atoms with Crippen LogP contribution >= 0.6 is 0 Å². The Labute approximate surface area is 371 Å². The van der Waals surface area contributed by atoms with Crippen LogP contribution in [0.5, 0.6) is 0 Å². The number of nitrogens with zero attached hydrogens (tertiary/aromatic N) is 3. The molecule has 1 aromatic heterocycles. The van der Waals surface area contributed by atoms with Crippen LogP contribution in [0.4, 0.5) is 17.1 Å². The van der Waals surface area contributed by atoms with Gasteiger partial charge in [0.2, 0.25) is 0 Å². The lowest BCUT2D eigenvalue weighted by Gasteiger charge is -2.27. The Kier molecular flexibility index (Phi) is 12.1. The van der Waals surface area contributed by atoms with Gasteiger partial charge in [-0.05, 0) is 115 Å². The van der Waals surface area contributed by atoms with Crippen LogP contribution in [0.15, 0.2) is 231 Å². The first kappa shape index (κ1) is 40.5. The predicted octanol–water partition coefficient (Wildman–Crippen LogP) is 16.3. The van der Waals surface area contributed by atoms with Crippen molar-refractivity contribution in [2.45, 2.75) is 27.2 Å². The molecule has 9 aromatic rings. The molecule has 0 saturated heterocycles. The number of hydrogen-bond donors (Lipinski definition) is 0. The molecular formula is C60H49N3. The first-order valence-corrected chi connectivity index (χ1v) is 21.6. The van der Waals surface area contributed by atoms with E-state index in [9.17, 15) is 0 Å². The summed E-state index contributed by atoms with van der Waals surface area (Å²) in [6.45, 7) is 6.45. The SMILES string of the molecule is Cc1ccccc1.Cc1ccccc1-c1cc(N(c2ccccc2)c2ccc(-c3nc4c(-c5cccc(C6=CC=CCC=C6)c5)cccc4nc3-c3ccccc3)cc2)ccc1C. The molecule has 0 saturated carbocycles. The van der Waals surface area contributed by atoms with Crippen LogP contribution in [-0.2, 0) is 0 Å². The predicted molar refractivity (Wildman–Crippen MR) is 267 cm³/mol. The molecule has 0 bridgehead atoms. The van der Waals surface area contributed by atoms with Gasteiger partial charge in [-0.1, -0.05) is 188 Å². The average Bonchev–Trinajstić information content (AvgIpc) is 3.63. The van der Waals surface area contributed by atoms with Gasteiger partial charge in [-0.25, -0.2) is 9.97 Å². The third-order valence-electron chi connectivity index (χ3n) is 11.5. The van der Waals surface area contributed by atoms with E-state index in [0.29, 0.717) is 0 Å². The molecule has 0 radical (unpaired) electrons. The summed E-state index contributed by atoms with van der Waals surface area (Å²) in [6.07, 6.45) is 11.8. The molecule has 0 aliphatic heterocycles. The zero-order valence-corrected chi connectivity index (χ0v) is 36.0. The maximum Gasteiger partial charge on any atom is 0.0973 e. The zero-order chi connectivity index (χ0) is 43.0. The summed E-state index contributed by atoms with van der Waals surface area (Å²) in [5.74, 6) is 0. The fourth-order valence-electron chi connectivity index (χ4n) is 8.19. The lowest BCUT2D eigenvalue weighted by atomic mass is 9.95. The molecule has 10 rings (SSSR count). The van der Waals surface area contributed by atoms with E-state index in [4.69, 9.17) is 9.97 Å². The summed E-state index contributed by atoms with van der Waals surface area (Å²) in [5, 5.41) is 0. The molecule has 1 aliphatic rings. The fraction of sp³-hybridized carbons (Fsp3) is 0.0667. The van der Waals surface area contributed by atoms with Crippen molar-refractivity contribution in [2.24, 2.45) is 0 Å². The van der Waals surface area contributed by atoms with Gasteiger partial charge in [0.25, 0.3) is 0 Å².